The van der Waals surface area contributed by atoms with Crippen molar-refractivity contribution in [2.24, 2.45) is 0 Å². The van der Waals surface area contributed by atoms with Crippen molar-refractivity contribution in [3.8, 4) is 6.07 Å². The van der Waals surface area contributed by atoms with Gasteiger partial charge in [-0.3, -0.25) is 0 Å². The normalized spacial score (nSPS) is 18.8. The number of likely N-dealkylation sites (tertiary alicyclic amines) is 1. The zero-order chi connectivity index (χ0) is 14.5. The van der Waals surface area contributed by atoms with Crippen LogP contribution in [0.3, 0.4) is 0 Å². The number of nitrogens with zero attached hydrogens (tertiary/aromatic N) is 2. The van der Waals surface area contributed by atoms with Gasteiger partial charge in [-0.25, -0.2) is 4.79 Å². The van der Waals surface area contributed by atoms with Gasteiger partial charge >= 0.3 is 6.09 Å². The third kappa shape index (κ3) is 4.71. The molecule has 1 amide bonds. The lowest BCUT2D eigenvalue weighted by Gasteiger charge is -2.40. The number of nitriles is 1. The molecule has 0 bridgehead atoms. The van der Waals surface area contributed by atoms with E-state index in [0.29, 0.717) is 13.1 Å². The summed E-state index contributed by atoms with van der Waals surface area (Å²) in [4.78, 5) is 13.7. The van der Waals surface area contributed by atoms with Crippen molar-refractivity contribution in [1.29, 1.82) is 5.26 Å². The molecule has 19 heavy (non-hydrogen) atoms. The number of ether oxygens (including phenoxy) is 2. The first-order valence-electron chi connectivity index (χ1n) is 6.81. The van der Waals surface area contributed by atoms with E-state index in [-0.39, 0.29) is 18.3 Å². The quantitative estimate of drug-likeness (QED) is 0.789. The highest BCUT2D eigenvalue weighted by atomic mass is 16.6. The molecule has 0 aliphatic carbocycles. The zero-order valence-corrected chi connectivity index (χ0v) is 12.4. The summed E-state index contributed by atoms with van der Waals surface area (Å²) < 4.78 is 11.0. The molecule has 1 fully saturated rings. The SMILES string of the molecule is CCC1(OCC#N)CCN(C(=O)OC(C)(C)C)CC1. The Labute approximate surface area is 115 Å². The molecule has 5 heteroatoms. The number of piperidine rings is 1. The van der Waals surface area contributed by atoms with Crippen LogP contribution in [0.25, 0.3) is 0 Å². The standard InChI is InChI=1S/C14H24N2O3/c1-5-14(18-11-8-15)6-9-16(10-7-14)12(17)19-13(2,3)4/h5-7,9-11H2,1-4H3. The van der Waals surface area contributed by atoms with Gasteiger partial charge < -0.3 is 14.4 Å². The third-order valence-corrected chi connectivity index (χ3v) is 3.41. The molecule has 0 aromatic heterocycles. The number of hydrogen-bond donors (Lipinski definition) is 0. The van der Waals surface area contributed by atoms with E-state index in [2.05, 4.69) is 6.92 Å². The van der Waals surface area contributed by atoms with E-state index in [1.165, 1.54) is 0 Å². The van der Waals surface area contributed by atoms with Crippen molar-refractivity contribution in [2.75, 3.05) is 19.7 Å². The van der Waals surface area contributed by atoms with Crippen LogP contribution in [0.5, 0.6) is 0 Å². The van der Waals surface area contributed by atoms with Gasteiger partial charge in [-0.1, -0.05) is 6.92 Å². The highest BCUT2D eigenvalue weighted by Crippen LogP contribution is 2.30. The summed E-state index contributed by atoms with van der Waals surface area (Å²) in [5.41, 5.74) is -0.720. The number of carbonyl (C=O) groups is 1. The van der Waals surface area contributed by atoms with E-state index in [1.807, 2.05) is 26.8 Å². The summed E-state index contributed by atoms with van der Waals surface area (Å²) in [5.74, 6) is 0. The van der Waals surface area contributed by atoms with Crippen molar-refractivity contribution >= 4 is 6.09 Å². The summed E-state index contributed by atoms with van der Waals surface area (Å²) in [6.45, 7) is 8.99. The molecule has 5 nitrogen and oxygen atoms in total. The Kier molecular flexibility index (Phi) is 5.19. The average molecular weight is 268 g/mol. The summed E-state index contributed by atoms with van der Waals surface area (Å²) >= 11 is 0. The summed E-state index contributed by atoms with van der Waals surface area (Å²) in [6.07, 6.45) is 2.10. The molecule has 0 atom stereocenters. The van der Waals surface area contributed by atoms with Crippen LogP contribution in [-0.4, -0.2) is 41.9 Å². The van der Waals surface area contributed by atoms with Crippen LogP contribution in [0.1, 0.15) is 47.0 Å². The van der Waals surface area contributed by atoms with E-state index < -0.39 is 5.60 Å². The molecule has 1 rings (SSSR count). The fraction of sp³-hybridized carbons (Fsp3) is 0.857. The predicted octanol–water partition coefficient (Wildman–Crippen LogP) is 2.71. The van der Waals surface area contributed by atoms with E-state index in [9.17, 15) is 4.79 Å². The molecule has 0 unspecified atom stereocenters. The van der Waals surface area contributed by atoms with Gasteiger partial charge in [0.2, 0.25) is 0 Å². The van der Waals surface area contributed by atoms with Crippen LogP contribution < -0.4 is 0 Å². The average Bonchev–Trinajstić information content (AvgIpc) is 2.35. The maximum absolute atomic E-state index is 11.9. The Morgan fingerprint density at radius 2 is 1.95 bits per heavy atom. The number of amides is 1. The minimum Gasteiger partial charge on any atom is -0.444 e. The largest absolute Gasteiger partial charge is 0.444 e. The summed E-state index contributed by atoms with van der Waals surface area (Å²) in [7, 11) is 0. The van der Waals surface area contributed by atoms with Crippen molar-refractivity contribution in [3.63, 3.8) is 0 Å². The van der Waals surface area contributed by atoms with Gasteiger partial charge in [0.15, 0.2) is 0 Å². The minimum atomic E-state index is -0.465. The van der Waals surface area contributed by atoms with Crippen LogP contribution in [0.15, 0.2) is 0 Å². The summed E-state index contributed by atoms with van der Waals surface area (Å²) in [5, 5.41) is 8.62. The lowest BCUT2D eigenvalue weighted by atomic mass is 9.88. The van der Waals surface area contributed by atoms with E-state index in [0.717, 1.165) is 19.3 Å². The van der Waals surface area contributed by atoms with Crippen LogP contribution in [0, 0.1) is 11.3 Å². The van der Waals surface area contributed by atoms with Gasteiger partial charge in [-0.2, -0.15) is 5.26 Å². The molecule has 1 aliphatic heterocycles. The molecule has 1 aliphatic rings. The zero-order valence-electron chi connectivity index (χ0n) is 12.4. The Bertz CT molecular complexity index is 347. The molecule has 0 saturated carbocycles. The number of hydrogen-bond acceptors (Lipinski definition) is 4. The minimum absolute atomic E-state index is 0.111. The first-order valence-corrected chi connectivity index (χ1v) is 6.81. The fourth-order valence-electron chi connectivity index (χ4n) is 2.21. The van der Waals surface area contributed by atoms with Crippen molar-refractivity contribution in [1.82, 2.24) is 4.90 Å². The molecule has 0 aromatic rings. The molecule has 108 valence electrons. The van der Waals surface area contributed by atoms with Gasteiger partial charge in [0, 0.05) is 13.1 Å². The smallest absolute Gasteiger partial charge is 0.410 e. The highest BCUT2D eigenvalue weighted by molar-refractivity contribution is 5.68. The molecule has 1 heterocycles. The molecular weight excluding hydrogens is 244 g/mol. The van der Waals surface area contributed by atoms with E-state index in [1.54, 1.807) is 4.90 Å². The Hall–Kier alpha value is -1.28. The maximum atomic E-state index is 11.9. The molecule has 1 saturated heterocycles. The molecular formula is C14H24N2O3. The second-order valence-corrected chi connectivity index (χ2v) is 5.95. The molecule has 0 spiro atoms. The maximum Gasteiger partial charge on any atom is 0.410 e. The number of carbonyl (C=O) groups excluding carboxylic acids is 1. The lowest BCUT2D eigenvalue weighted by molar-refractivity contribution is -0.0750. The Morgan fingerprint density at radius 3 is 2.37 bits per heavy atom. The Morgan fingerprint density at radius 1 is 1.37 bits per heavy atom. The Balaban J connectivity index is 2.52. The summed E-state index contributed by atoms with van der Waals surface area (Å²) in [6, 6.07) is 2.01. The van der Waals surface area contributed by atoms with E-state index >= 15 is 0 Å². The molecule has 0 N–H and O–H groups in total. The third-order valence-electron chi connectivity index (χ3n) is 3.41. The van der Waals surface area contributed by atoms with Crippen LogP contribution >= 0.6 is 0 Å². The second-order valence-electron chi connectivity index (χ2n) is 5.95. The second kappa shape index (κ2) is 6.25. The molecule has 0 radical (unpaired) electrons. The lowest BCUT2D eigenvalue weighted by Crippen LogP contribution is -2.49. The van der Waals surface area contributed by atoms with Crippen LogP contribution in [0.4, 0.5) is 4.79 Å². The van der Waals surface area contributed by atoms with Crippen LogP contribution in [-0.2, 0) is 9.47 Å². The first-order chi connectivity index (χ1) is 8.82. The van der Waals surface area contributed by atoms with Gasteiger partial charge in [0.05, 0.1) is 11.7 Å². The fourth-order valence-corrected chi connectivity index (χ4v) is 2.21. The van der Waals surface area contributed by atoms with Gasteiger partial charge in [-0.15, -0.1) is 0 Å². The highest BCUT2D eigenvalue weighted by Gasteiger charge is 2.36. The van der Waals surface area contributed by atoms with Crippen molar-refractivity contribution < 1.29 is 14.3 Å². The van der Waals surface area contributed by atoms with Gasteiger partial charge in [0.25, 0.3) is 0 Å². The van der Waals surface area contributed by atoms with Crippen molar-refractivity contribution in [3.05, 3.63) is 0 Å². The topological polar surface area (TPSA) is 62.6 Å². The predicted molar refractivity (Wildman–Crippen MR) is 71.6 cm³/mol. The van der Waals surface area contributed by atoms with Crippen LogP contribution in [0.2, 0.25) is 0 Å². The van der Waals surface area contributed by atoms with Gasteiger partial charge in [-0.05, 0) is 40.0 Å². The van der Waals surface area contributed by atoms with Gasteiger partial charge in [0.1, 0.15) is 12.2 Å². The van der Waals surface area contributed by atoms with Crippen molar-refractivity contribution in [2.45, 2.75) is 58.2 Å². The molecule has 0 aromatic carbocycles. The number of rotatable bonds is 3. The monoisotopic (exact) mass is 268 g/mol. The first kappa shape index (κ1) is 15.8. The van der Waals surface area contributed by atoms with E-state index in [4.69, 9.17) is 14.7 Å².